The molecular weight excluding hydrogens is 244 g/mol. The maximum Gasteiger partial charge on any atom is 0.235 e. The van der Waals surface area contributed by atoms with Gasteiger partial charge in [-0.3, -0.25) is 9.89 Å². The third kappa shape index (κ3) is 1.78. The molecule has 0 bridgehead atoms. The number of ether oxygens (including phenoxy) is 1. The number of aromatic nitrogens is 2. The van der Waals surface area contributed by atoms with Crippen molar-refractivity contribution in [2.45, 2.75) is 18.8 Å². The molecule has 4 rings (SSSR count). The van der Waals surface area contributed by atoms with E-state index in [0.29, 0.717) is 31.5 Å². The fourth-order valence-corrected chi connectivity index (χ4v) is 3.16. The number of rotatable bonds is 3. The van der Waals surface area contributed by atoms with Crippen LogP contribution in [-0.2, 0) is 9.53 Å². The lowest BCUT2D eigenvalue weighted by Crippen LogP contribution is -2.42. The minimum Gasteiger partial charge on any atom is -0.380 e. The normalized spacial score (nSPS) is 33.4. The number of carbonyl (C=O) groups excluding carboxylic acids is 1. The van der Waals surface area contributed by atoms with Crippen LogP contribution in [0.2, 0.25) is 0 Å². The van der Waals surface area contributed by atoms with Crippen LogP contribution in [-0.4, -0.2) is 42.4 Å². The van der Waals surface area contributed by atoms with Crippen molar-refractivity contribution < 1.29 is 9.53 Å². The Hall–Kier alpha value is -1.40. The number of aromatic amines is 1. The van der Waals surface area contributed by atoms with E-state index in [1.165, 1.54) is 12.8 Å². The molecule has 3 fully saturated rings. The second kappa shape index (κ2) is 4.05. The number of fused-ring (bicyclic) bond motifs is 1. The monoisotopic (exact) mass is 262 g/mol. The predicted octanol–water partition coefficient (Wildman–Crippen LogP) is 0.462. The van der Waals surface area contributed by atoms with Gasteiger partial charge in [-0.15, -0.1) is 0 Å². The Morgan fingerprint density at radius 2 is 2.42 bits per heavy atom. The topological polar surface area (TPSA) is 79.0 Å². The number of nitrogens with zero attached hydrogens (tertiary/aromatic N) is 1. The van der Waals surface area contributed by atoms with Crippen molar-refractivity contribution in [2.24, 2.45) is 11.3 Å². The summed E-state index contributed by atoms with van der Waals surface area (Å²) in [5.41, 5.74) is 0.732. The highest BCUT2D eigenvalue weighted by atomic mass is 16.5. The van der Waals surface area contributed by atoms with Gasteiger partial charge in [0.05, 0.1) is 18.6 Å². The maximum absolute atomic E-state index is 12.5. The van der Waals surface area contributed by atoms with E-state index in [2.05, 4.69) is 20.8 Å². The molecule has 0 radical (unpaired) electrons. The predicted molar refractivity (Wildman–Crippen MR) is 68.8 cm³/mol. The molecule has 3 heterocycles. The van der Waals surface area contributed by atoms with E-state index >= 15 is 0 Å². The third-order valence-electron chi connectivity index (χ3n) is 4.60. The zero-order valence-corrected chi connectivity index (χ0v) is 10.7. The van der Waals surface area contributed by atoms with Crippen molar-refractivity contribution in [3.8, 4) is 0 Å². The summed E-state index contributed by atoms with van der Waals surface area (Å²) < 4.78 is 5.50. The number of nitrogens with one attached hydrogen (secondary N) is 3. The van der Waals surface area contributed by atoms with Crippen molar-refractivity contribution in [1.82, 2.24) is 15.5 Å². The lowest BCUT2D eigenvalue weighted by atomic mass is 9.80. The van der Waals surface area contributed by atoms with Crippen molar-refractivity contribution in [1.29, 1.82) is 0 Å². The number of H-pyrrole nitrogens is 1. The smallest absolute Gasteiger partial charge is 0.235 e. The molecule has 0 aromatic carbocycles. The van der Waals surface area contributed by atoms with Crippen LogP contribution in [0.4, 0.5) is 5.82 Å². The summed E-state index contributed by atoms with van der Waals surface area (Å²) >= 11 is 0. The minimum atomic E-state index is -0.404. The van der Waals surface area contributed by atoms with Gasteiger partial charge in [0, 0.05) is 36.7 Å². The molecule has 2 atom stereocenters. The molecular formula is C13H18N4O2. The third-order valence-corrected chi connectivity index (χ3v) is 4.60. The SMILES string of the molecule is O=C(Nc1cc(C2CC2)[nH]n1)[C@]12CNC[C@H]1COC2. The second-order valence-corrected chi connectivity index (χ2v) is 5.94. The lowest BCUT2D eigenvalue weighted by molar-refractivity contribution is -0.125. The summed E-state index contributed by atoms with van der Waals surface area (Å²) in [4.78, 5) is 12.5. The first-order chi connectivity index (χ1) is 9.28. The zero-order valence-electron chi connectivity index (χ0n) is 10.7. The largest absolute Gasteiger partial charge is 0.380 e. The molecule has 1 aliphatic carbocycles. The Morgan fingerprint density at radius 1 is 1.53 bits per heavy atom. The summed E-state index contributed by atoms with van der Waals surface area (Å²) in [5.74, 6) is 1.58. The zero-order chi connectivity index (χ0) is 12.9. The van der Waals surface area contributed by atoms with Crippen LogP contribution in [0, 0.1) is 11.3 Å². The Morgan fingerprint density at radius 3 is 3.26 bits per heavy atom. The van der Waals surface area contributed by atoms with Crippen LogP contribution in [0.25, 0.3) is 0 Å². The highest BCUT2D eigenvalue weighted by Gasteiger charge is 2.53. The van der Waals surface area contributed by atoms with E-state index in [4.69, 9.17) is 4.74 Å². The van der Waals surface area contributed by atoms with E-state index in [1.807, 2.05) is 6.07 Å². The van der Waals surface area contributed by atoms with Gasteiger partial charge in [-0.05, 0) is 12.8 Å². The summed E-state index contributed by atoms with van der Waals surface area (Å²) in [6, 6.07) is 1.96. The van der Waals surface area contributed by atoms with E-state index in [-0.39, 0.29) is 11.8 Å². The van der Waals surface area contributed by atoms with E-state index in [1.54, 1.807) is 0 Å². The number of anilines is 1. The van der Waals surface area contributed by atoms with E-state index < -0.39 is 5.41 Å². The summed E-state index contributed by atoms with van der Waals surface area (Å²) in [5, 5.41) is 13.4. The number of hydrogen-bond acceptors (Lipinski definition) is 4. The molecule has 1 amide bonds. The molecule has 102 valence electrons. The molecule has 0 spiro atoms. The highest BCUT2D eigenvalue weighted by Crippen LogP contribution is 2.40. The molecule has 3 N–H and O–H groups in total. The van der Waals surface area contributed by atoms with Gasteiger partial charge in [0.15, 0.2) is 5.82 Å². The van der Waals surface area contributed by atoms with Gasteiger partial charge in [-0.25, -0.2) is 0 Å². The van der Waals surface area contributed by atoms with Crippen LogP contribution in [0.5, 0.6) is 0 Å². The van der Waals surface area contributed by atoms with Crippen molar-refractivity contribution in [2.75, 3.05) is 31.6 Å². The van der Waals surface area contributed by atoms with Gasteiger partial charge < -0.3 is 15.4 Å². The molecule has 3 aliphatic rings. The van der Waals surface area contributed by atoms with Gasteiger partial charge in [0.25, 0.3) is 0 Å². The first-order valence-electron chi connectivity index (χ1n) is 6.93. The average molecular weight is 262 g/mol. The summed E-state index contributed by atoms with van der Waals surface area (Å²) in [7, 11) is 0. The molecule has 0 unspecified atom stereocenters. The molecule has 6 nitrogen and oxygen atoms in total. The molecule has 1 saturated carbocycles. The summed E-state index contributed by atoms with van der Waals surface area (Å²) in [6.45, 7) is 2.75. The molecule has 6 heteroatoms. The number of hydrogen-bond donors (Lipinski definition) is 3. The van der Waals surface area contributed by atoms with E-state index in [0.717, 1.165) is 12.2 Å². The van der Waals surface area contributed by atoms with Crippen LogP contribution in [0.15, 0.2) is 6.07 Å². The summed E-state index contributed by atoms with van der Waals surface area (Å²) in [6.07, 6.45) is 2.44. The lowest BCUT2D eigenvalue weighted by Gasteiger charge is -2.24. The van der Waals surface area contributed by atoms with Gasteiger partial charge in [-0.2, -0.15) is 5.10 Å². The minimum absolute atomic E-state index is 0.0360. The molecule has 19 heavy (non-hydrogen) atoms. The van der Waals surface area contributed by atoms with Crippen LogP contribution in [0.3, 0.4) is 0 Å². The van der Waals surface area contributed by atoms with Crippen LogP contribution < -0.4 is 10.6 Å². The van der Waals surface area contributed by atoms with E-state index in [9.17, 15) is 4.79 Å². The van der Waals surface area contributed by atoms with Crippen molar-refractivity contribution >= 4 is 11.7 Å². The van der Waals surface area contributed by atoms with Gasteiger partial charge in [0.1, 0.15) is 0 Å². The highest BCUT2D eigenvalue weighted by molar-refractivity contribution is 5.95. The van der Waals surface area contributed by atoms with Crippen LogP contribution in [0.1, 0.15) is 24.5 Å². The quantitative estimate of drug-likeness (QED) is 0.739. The average Bonchev–Trinajstić information content (AvgIpc) is 2.85. The molecule has 1 aromatic heterocycles. The molecule has 2 saturated heterocycles. The van der Waals surface area contributed by atoms with Crippen molar-refractivity contribution in [3.05, 3.63) is 11.8 Å². The Bertz CT molecular complexity index is 498. The fraction of sp³-hybridized carbons (Fsp3) is 0.692. The Kier molecular flexibility index (Phi) is 2.43. The maximum atomic E-state index is 12.5. The van der Waals surface area contributed by atoms with Crippen molar-refractivity contribution in [3.63, 3.8) is 0 Å². The van der Waals surface area contributed by atoms with Crippen LogP contribution >= 0.6 is 0 Å². The number of amides is 1. The van der Waals surface area contributed by atoms with Gasteiger partial charge >= 0.3 is 0 Å². The first kappa shape index (κ1) is 11.4. The molecule has 2 aliphatic heterocycles. The Labute approximate surface area is 111 Å². The number of carbonyl (C=O) groups is 1. The standard InChI is InChI=1S/C13H18N4O2/c18-12(13-6-14-4-9(13)5-19-7-13)15-11-3-10(16-17-11)8-1-2-8/h3,8-9,14H,1-2,4-7H2,(H2,15,16,17,18)/t9-,13-/m0/s1. The van der Waals surface area contributed by atoms with Gasteiger partial charge in [-0.1, -0.05) is 0 Å². The Balaban J connectivity index is 1.50. The first-order valence-corrected chi connectivity index (χ1v) is 6.93. The van der Waals surface area contributed by atoms with Gasteiger partial charge in [0.2, 0.25) is 5.91 Å². The fourth-order valence-electron chi connectivity index (χ4n) is 3.16. The molecule has 1 aromatic rings. The second-order valence-electron chi connectivity index (χ2n) is 5.94.